The fourth-order valence-corrected chi connectivity index (χ4v) is 1.99. The zero-order chi connectivity index (χ0) is 16.8. The molecule has 1 aromatic carbocycles. The van der Waals surface area contributed by atoms with Crippen LogP contribution in [0.1, 0.15) is 15.9 Å². The molecule has 0 atom stereocenters. The van der Waals surface area contributed by atoms with E-state index in [4.69, 9.17) is 5.73 Å². The number of nitrogens with two attached hydrogens (primary N) is 1. The number of hydrogen-bond donors (Lipinski definition) is 3. The second-order valence-corrected chi connectivity index (χ2v) is 5.54. The van der Waals surface area contributed by atoms with Crippen molar-refractivity contribution in [2.45, 2.75) is 6.92 Å². The third-order valence-electron chi connectivity index (χ3n) is 3.18. The molecule has 0 unspecified atom stereocenters. The van der Waals surface area contributed by atoms with E-state index in [0.717, 1.165) is 17.8 Å². The summed E-state index contributed by atoms with van der Waals surface area (Å²) in [5, 5.41) is 6.26. The number of rotatable bonds is 7. The summed E-state index contributed by atoms with van der Waals surface area (Å²) in [6.07, 6.45) is 1.44. The number of amides is 1. The fraction of sp³-hybridized carbons (Fsp3) is 0.312. The zero-order valence-corrected chi connectivity index (χ0v) is 13.6. The quantitative estimate of drug-likeness (QED) is 0.718. The number of primary amides is 1. The number of carbonyl (C=O) groups is 1. The van der Waals surface area contributed by atoms with Gasteiger partial charge in [-0.1, -0.05) is 12.1 Å². The van der Waals surface area contributed by atoms with Crippen LogP contribution in [0.15, 0.2) is 30.5 Å². The fourth-order valence-electron chi connectivity index (χ4n) is 1.99. The van der Waals surface area contributed by atoms with Crippen LogP contribution in [0.25, 0.3) is 0 Å². The average Bonchev–Trinajstić information content (AvgIpc) is 2.47. The molecule has 2 rings (SSSR count). The van der Waals surface area contributed by atoms with E-state index in [-0.39, 0.29) is 5.56 Å². The van der Waals surface area contributed by atoms with Crippen molar-refractivity contribution in [3.8, 4) is 0 Å². The molecule has 1 heterocycles. The van der Waals surface area contributed by atoms with Crippen LogP contribution in [0, 0.1) is 6.92 Å². The van der Waals surface area contributed by atoms with Gasteiger partial charge in [0.25, 0.3) is 5.91 Å². The van der Waals surface area contributed by atoms with E-state index in [1.165, 1.54) is 6.20 Å². The van der Waals surface area contributed by atoms with Crippen LogP contribution in [0.5, 0.6) is 0 Å². The molecule has 7 nitrogen and oxygen atoms in total. The molecule has 2 aromatic rings. The van der Waals surface area contributed by atoms with E-state index in [1.807, 2.05) is 45.3 Å². The van der Waals surface area contributed by atoms with Gasteiger partial charge in [-0.3, -0.25) is 4.79 Å². The van der Waals surface area contributed by atoms with Gasteiger partial charge in [0.05, 0.1) is 0 Å². The summed E-state index contributed by atoms with van der Waals surface area (Å²) in [6.45, 7) is 3.54. The molecule has 0 radical (unpaired) electrons. The highest BCUT2D eigenvalue weighted by Crippen LogP contribution is 2.20. The summed E-state index contributed by atoms with van der Waals surface area (Å²) in [7, 11) is 3.98. The number of benzene rings is 1. The summed E-state index contributed by atoms with van der Waals surface area (Å²) in [4.78, 5) is 22.1. The maximum absolute atomic E-state index is 11.6. The minimum atomic E-state index is -0.569. The molecule has 4 N–H and O–H groups in total. The summed E-state index contributed by atoms with van der Waals surface area (Å²) >= 11 is 0. The van der Waals surface area contributed by atoms with Crippen molar-refractivity contribution in [1.82, 2.24) is 14.9 Å². The standard InChI is InChI=1S/C16H22N6O/c1-11-5-4-6-12(9-11)20-15-13(14(17)23)10-19-16(21-15)18-7-8-22(2)3/h4-6,9-10H,7-8H2,1-3H3,(H2,17,23)(H2,18,19,20,21). The second kappa shape index (κ2) is 7.55. The lowest BCUT2D eigenvalue weighted by molar-refractivity contribution is 0.100. The molecule has 0 aliphatic rings. The van der Waals surface area contributed by atoms with Gasteiger partial charge >= 0.3 is 0 Å². The monoisotopic (exact) mass is 314 g/mol. The number of nitrogens with zero attached hydrogens (tertiary/aromatic N) is 3. The van der Waals surface area contributed by atoms with Gasteiger partial charge in [-0.25, -0.2) is 4.98 Å². The molecule has 0 aliphatic heterocycles. The third-order valence-corrected chi connectivity index (χ3v) is 3.18. The maximum Gasteiger partial charge on any atom is 0.254 e. The first kappa shape index (κ1) is 16.7. The van der Waals surface area contributed by atoms with Crippen molar-refractivity contribution in [2.24, 2.45) is 5.73 Å². The highest BCUT2D eigenvalue weighted by molar-refractivity contribution is 5.98. The van der Waals surface area contributed by atoms with E-state index in [2.05, 4.69) is 25.5 Å². The molecule has 0 fully saturated rings. The second-order valence-electron chi connectivity index (χ2n) is 5.54. The van der Waals surface area contributed by atoms with Gasteiger partial charge in [0, 0.05) is 25.0 Å². The van der Waals surface area contributed by atoms with Crippen molar-refractivity contribution in [3.05, 3.63) is 41.6 Å². The Bertz CT molecular complexity index is 686. The summed E-state index contributed by atoms with van der Waals surface area (Å²) in [5.41, 5.74) is 7.60. The smallest absolute Gasteiger partial charge is 0.254 e. The van der Waals surface area contributed by atoms with Crippen molar-refractivity contribution in [2.75, 3.05) is 37.8 Å². The largest absolute Gasteiger partial charge is 0.365 e. The van der Waals surface area contributed by atoms with Crippen molar-refractivity contribution in [1.29, 1.82) is 0 Å². The topological polar surface area (TPSA) is 96.2 Å². The Morgan fingerprint density at radius 3 is 2.78 bits per heavy atom. The Morgan fingerprint density at radius 2 is 2.13 bits per heavy atom. The summed E-state index contributed by atoms with van der Waals surface area (Å²) in [6, 6.07) is 7.79. The minimum Gasteiger partial charge on any atom is -0.365 e. The first-order valence-corrected chi connectivity index (χ1v) is 7.35. The number of aromatic nitrogens is 2. The van der Waals surface area contributed by atoms with Crippen LogP contribution in [0.4, 0.5) is 17.5 Å². The third kappa shape index (κ3) is 4.93. The van der Waals surface area contributed by atoms with E-state index in [0.29, 0.717) is 18.3 Å². The normalized spacial score (nSPS) is 10.6. The number of likely N-dealkylation sites (N-methyl/N-ethyl adjacent to an activating group) is 1. The summed E-state index contributed by atoms with van der Waals surface area (Å²) in [5.74, 6) is 0.275. The number of anilines is 3. The molecule has 0 spiro atoms. The van der Waals surface area contributed by atoms with E-state index in [1.54, 1.807) is 0 Å². The average molecular weight is 314 g/mol. The number of aryl methyl sites for hydroxylation is 1. The van der Waals surface area contributed by atoms with Crippen LogP contribution >= 0.6 is 0 Å². The molecular formula is C16H22N6O. The lowest BCUT2D eigenvalue weighted by Crippen LogP contribution is -2.22. The van der Waals surface area contributed by atoms with Crippen molar-refractivity contribution < 1.29 is 4.79 Å². The highest BCUT2D eigenvalue weighted by atomic mass is 16.1. The van der Waals surface area contributed by atoms with Crippen LogP contribution in [0.3, 0.4) is 0 Å². The van der Waals surface area contributed by atoms with Gasteiger partial charge < -0.3 is 21.3 Å². The molecule has 0 saturated heterocycles. The highest BCUT2D eigenvalue weighted by Gasteiger charge is 2.12. The van der Waals surface area contributed by atoms with Gasteiger partial charge in [0.1, 0.15) is 11.4 Å². The van der Waals surface area contributed by atoms with E-state index >= 15 is 0 Å². The van der Waals surface area contributed by atoms with Crippen LogP contribution in [0.2, 0.25) is 0 Å². The molecule has 0 saturated carbocycles. The van der Waals surface area contributed by atoms with Crippen molar-refractivity contribution in [3.63, 3.8) is 0 Å². The predicted molar refractivity (Wildman–Crippen MR) is 92.1 cm³/mol. The Hall–Kier alpha value is -2.67. The predicted octanol–water partition coefficient (Wildman–Crippen LogP) is 1.60. The van der Waals surface area contributed by atoms with Crippen LogP contribution < -0.4 is 16.4 Å². The van der Waals surface area contributed by atoms with Gasteiger partial charge in [0.2, 0.25) is 5.95 Å². The molecule has 1 aromatic heterocycles. The van der Waals surface area contributed by atoms with Gasteiger partial charge in [-0.15, -0.1) is 0 Å². The van der Waals surface area contributed by atoms with E-state index in [9.17, 15) is 4.79 Å². The lowest BCUT2D eigenvalue weighted by Gasteiger charge is -2.13. The molecule has 0 aliphatic carbocycles. The first-order chi connectivity index (χ1) is 11.0. The molecular weight excluding hydrogens is 292 g/mol. The Kier molecular flexibility index (Phi) is 5.48. The van der Waals surface area contributed by atoms with Gasteiger partial charge in [-0.05, 0) is 38.7 Å². The van der Waals surface area contributed by atoms with Crippen LogP contribution in [-0.2, 0) is 0 Å². The number of hydrogen-bond acceptors (Lipinski definition) is 6. The van der Waals surface area contributed by atoms with E-state index < -0.39 is 5.91 Å². The molecule has 1 amide bonds. The maximum atomic E-state index is 11.6. The zero-order valence-electron chi connectivity index (χ0n) is 13.6. The number of carbonyl (C=O) groups excluding carboxylic acids is 1. The first-order valence-electron chi connectivity index (χ1n) is 7.35. The summed E-state index contributed by atoms with van der Waals surface area (Å²) < 4.78 is 0. The molecule has 0 bridgehead atoms. The molecule has 7 heteroatoms. The molecule has 122 valence electrons. The molecule has 23 heavy (non-hydrogen) atoms. The Balaban J connectivity index is 2.21. The minimum absolute atomic E-state index is 0.254. The SMILES string of the molecule is Cc1cccc(Nc2nc(NCCN(C)C)ncc2C(N)=O)c1. The van der Waals surface area contributed by atoms with Crippen molar-refractivity contribution >= 4 is 23.4 Å². The van der Waals surface area contributed by atoms with Crippen LogP contribution in [-0.4, -0.2) is 48.0 Å². The lowest BCUT2D eigenvalue weighted by atomic mass is 10.2. The Morgan fingerprint density at radius 1 is 1.35 bits per heavy atom. The van der Waals surface area contributed by atoms with Gasteiger partial charge in [0.15, 0.2) is 0 Å². The Labute approximate surface area is 135 Å². The van der Waals surface area contributed by atoms with Gasteiger partial charge in [-0.2, -0.15) is 4.98 Å². The number of nitrogens with one attached hydrogen (secondary N) is 2.